The fourth-order valence-electron chi connectivity index (χ4n) is 1.63. The lowest BCUT2D eigenvalue weighted by molar-refractivity contribution is -0.137. The van der Waals surface area contributed by atoms with Crippen LogP contribution in [0.1, 0.15) is 11.1 Å². The number of ether oxygens (including phenoxy) is 1. The summed E-state index contributed by atoms with van der Waals surface area (Å²) >= 11 is 8.58. The van der Waals surface area contributed by atoms with E-state index < -0.39 is 0 Å². The number of methoxy groups -OCH3 is 1. The van der Waals surface area contributed by atoms with Crippen molar-refractivity contribution in [3.05, 3.63) is 40.5 Å². The fourth-order valence-corrected chi connectivity index (χ4v) is 3.48. The van der Waals surface area contributed by atoms with E-state index in [0.717, 1.165) is 21.8 Å². The Labute approximate surface area is 135 Å². The van der Waals surface area contributed by atoms with E-state index in [0.29, 0.717) is 11.3 Å². The molecule has 0 radical (unpaired) electrons. The number of hydrogen-bond acceptors (Lipinski definition) is 6. The maximum Gasteiger partial charge on any atom is 0.315 e. The van der Waals surface area contributed by atoms with Crippen LogP contribution in [-0.2, 0) is 15.3 Å². The van der Waals surface area contributed by atoms with Crippen molar-refractivity contribution in [1.29, 1.82) is 5.26 Å². The van der Waals surface area contributed by atoms with E-state index in [4.69, 9.17) is 16.9 Å². The highest BCUT2D eigenvalue weighted by molar-refractivity contribution is 7.99. The smallest absolute Gasteiger partial charge is 0.315 e. The summed E-state index contributed by atoms with van der Waals surface area (Å²) < 4.78 is 8.58. The summed E-state index contributed by atoms with van der Waals surface area (Å²) in [5.41, 5.74) is 2.42. The second kappa shape index (κ2) is 7.46. The molecule has 2 aromatic rings. The van der Waals surface area contributed by atoms with Crippen molar-refractivity contribution in [2.24, 2.45) is 0 Å². The van der Waals surface area contributed by atoms with Gasteiger partial charge in [-0.25, -0.2) is 0 Å². The van der Waals surface area contributed by atoms with Gasteiger partial charge in [-0.1, -0.05) is 35.9 Å². The molecule has 2 rings (SSSR count). The van der Waals surface area contributed by atoms with Gasteiger partial charge in [0.05, 0.1) is 17.7 Å². The standard InChI is InChI=1S/C14H11ClN2O2S2/c1-19-12(18)8-20-7-9-2-4-10(5-3-9)13-11(6-16)14(15)17-21-13/h2-5H,7-8H2,1H3. The minimum Gasteiger partial charge on any atom is -0.468 e. The fraction of sp³-hybridized carbons (Fsp3) is 0.214. The molecular formula is C14H11ClN2O2S2. The van der Waals surface area contributed by atoms with Gasteiger partial charge >= 0.3 is 5.97 Å². The second-order valence-corrected chi connectivity index (χ2v) is 6.17. The Balaban J connectivity index is 2.05. The first-order valence-corrected chi connectivity index (χ1v) is 8.25. The van der Waals surface area contributed by atoms with E-state index in [2.05, 4.69) is 15.2 Å². The van der Waals surface area contributed by atoms with Crippen molar-refractivity contribution in [2.75, 3.05) is 12.9 Å². The second-order valence-electron chi connectivity index (χ2n) is 4.06. The third-order valence-corrected chi connectivity index (χ3v) is 4.94. The minimum absolute atomic E-state index is 0.227. The summed E-state index contributed by atoms with van der Waals surface area (Å²) in [6.07, 6.45) is 0. The van der Waals surface area contributed by atoms with Crippen LogP contribution in [0.25, 0.3) is 10.4 Å². The number of halogens is 1. The molecule has 0 aliphatic carbocycles. The van der Waals surface area contributed by atoms with Gasteiger partial charge in [0.1, 0.15) is 11.6 Å². The molecular weight excluding hydrogens is 328 g/mol. The molecule has 0 aliphatic rings. The van der Waals surface area contributed by atoms with Crippen LogP contribution in [-0.4, -0.2) is 23.2 Å². The average Bonchev–Trinajstić information content (AvgIpc) is 2.88. The lowest BCUT2D eigenvalue weighted by Crippen LogP contribution is -2.03. The summed E-state index contributed by atoms with van der Waals surface area (Å²) in [6, 6.07) is 9.86. The summed E-state index contributed by atoms with van der Waals surface area (Å²) in [4.78, 5) is 11.8. The van der Waals surface area contributed by atoms with Gasteiger partial charge in [-0.05, 0) is 22.7 Å². The van der Waals surface area contributed by atoms with Gasteiger partial charge in [0.2, 0.25) is 0 Å². The van der Waals surface area contributed by atoms with E-state index in [1.165, 1.54) is 30.4 Å². The summed E-state index contributed by atoms with van der Waals surface area (Å²) in [6.45, 7) is 0. The number of hydrogen-bond donors (Lipinski definition) is 0. The first-order chi connectivity index (χ1) is 10.2. The minimum atomic E-state index is -0.227. The third kappa shape index (κ3) is 3.97. The number of benzene rings is 1. The van der Waals surface area contributed by atoms with E-state index in [9.17, 15) is 4.79 Å². The zero-order valence-electron chi connectivity index (χ0n) is 11.1. The summed E-state index contributed by atoms with van der Waals surface area (Å²) in [5, 5.41) is 9.33. The average molecular weight is 339 g/mol. The highest BCUT2D eigenvalue weighted by Crippen LogP contribution is 2.32. The van der Waals surface area contributed by atoms with Crippen LogP contribution in [0.4, 0.5) is 0 Å². The topological polar surface area (TPSA) is 63.0 Å². The molecule has 0 spiro atoms. The molecule has 0 unspecified atom stereocenters. The number of nitriles is 1. The highest BCUT2D eigenvalue weighted by Gasteiger charge is 2.13. The van der Waals surface area contributed by atoms with Gasteiger partial charge in [0.15, 0.2) is 5.15 Å². The van der Waals surface area contributed by atoms with Crippen molar-refractivity contribution in [3.63, 3.8) is 0 Å². The number of aromatic nitrogens is 1. The van der Waals surface area contributed by atoms with Crippen LogP contribution in [0, 0.1) is 11.3 Å². The molecule has 4 nitrogen and oxygen atoms in total. The Morgan fingerprint density at radius 2 is 2.19 bits per heavy atom. The van der Waals surface area contributed by atoms with Crippen LogP contribution in [0.2, 0.25) is 5.15 Å². The number of esters is 1. The van der Waals surface area contributed by atoms with E-state index >= 15 is 0 Å². The van der Waals surface area contributed by atoms with Gasteiger partial charge in [-0.3, -0.25) is 4.79 Å². The number of thioether (sulfide) groups is 1. The van der Waals surface area contributed by atoms with E-state index in [1.54, 1.807) is 0 Å². The molecule has 21 heavy (non-hydrogen) atoms. The van der Waals surface area contributed by atoms with E-state index in [-0.39, 0.29) is 11.1 Å². The van der Waals surface area contributed by atoms with Crippen LogP contribution in [0.15, 0.2) is 24.3 Å². The molecule has 7 heteroatoms. The zero-order valence-corrected chi connectivity index (χ0v) is 13.5. The Bertz CT molecular complexity index is 677. The predicted octanol–water partition coefficient (Wildman–Crippen LogP) is 3.74. The van der Waals surface area contributed by atoms with Crippen LogP contribution < -0.4 is 0 Å². The molecule has 1 aromatic heterocycles. The predicted molar refractivity (Wildman–Crippen MR) is 85.5 cm³/mol. The molecule has 1 heterocycles. The van der Waals surface area contributed by atoms with Gasteiger partial charge in [0, 0.05) is 5.75 Å². The van der Waals surface area contributed by atoms with Crippen LogP contribution >= 0.6 is 34.9 Å². The molecule has 0 amide bonds. The molecule has 0 saturated carbocycles. The SMILES string of the molecule is COC(=O)CSCc1ccc(-c2snc(Cl)c2C#N)cc1. The molecule has 108 valence electrons. The largest absolute Gasteiger partial charge is 0.468 e. The number of rotatable bonds is 5. The van der Waals surface area contributed by atoms with Gasteiger partial charge in [-0.2, -0.15) is 9.64 Å². The Hall–Kier alpha value is -1.55. The Morgan fingerprint density at radius 3 is 2.81 bits per heavy atom. The highest BCUT2D eigenvalue weighted by atomic mass is 35.5. The number of carbonyl (C=O) groups excluding carboxylic acids is 1. The molecule has 0 aliphatic heterocycles. The first-order valence-electron chi connectivity index (χ1n) is 5.95. The van der Waals surface area contributed by atoms with Gasteiger partial charge in [-0.15, -0.1) is 11.8 Å². The van der Waals surface area contributed by atoms with Gasteiger partial charge < -0.3 is 4.74 Å². The molecule has 0 fully saturated rings. The Kier molecular flexibility index (Phi) is 5.62. The molecule has 0 saturated heterocycles. The molecule has 0 bridgehead atoms. The van der Waals surface area contributed by atoms with Gasteiger partial charge in [0.25, 0.3) is 0 Å². The first kappa shape index (κ1) is 15.8. The maximum absolute atomic E-state index is 11.0. The normalized spacial score (nSPS) is 10.1. The van der Waals surface area contributed by atoms with Crippen molar-refractivity contribution >= 4 is 40.9 Å². The molecule has 0 N–H and O–H groups in total. The molecule has 0 atom stereocenters. The van der Waals surface area contributed by atoms with Crippen LogP contribution in [0.3, 0.4) is 0 Å². The third-order valence-electron chi connectivity index (χ3n) is 2.69. The quantitative estimate of drug-likeness (QED) is 0.777. The monoisotopic (exact) mass is 338 g/mol. The maximum atomic E-state index is 11.0. The van der Waals surface area contributed by atoms with Crippen molar-refractivity contribution in [1.82, 2.24) is 4.37 Å². The molecule has 1 aromatic carbocycles. The Morgan fingerprint density at radius 1 is 1.48 bits per heavy atom. The van der Waals surface area contributed by atoms with Crippen LogP contribution in [0.5, 0.6) is 0 Å². The lowest BCUT2D eigenvalue weighted by atomic mass is 10.1. The van der Waals surface area contributed by atoms with Crippen molar-refractivity contribution in [3.8, 4) is 16.5 Å². The number of nitrogens with zero attached hydrogens (tertiary/aromatic N) is 2. The van der Waals surface area contributed by atoms with Crippen molar-refractivity contribution < 1.29 is 9.53 Å². The van der Waals surface area contributed by atoms with E-state index in [1.807, 2.05) is 24.3 Å². The lowest BCUT2D eigenvalue weighted by Gasteiger charge is -2.03. The van der Waals surface area contributed by atoms with Crippen molar-refractivity contribution in [2.45, 2.75) is 5.75 Å². The zero-order chi connectivity index (χ0) is 15.2. The number of carbonyl (C=O) groups is 1. The summed E-state index contributed by atoms with van der Waals surface area (Å²) in [5.74, 6) is 0.833. The summed E-state index contributed by atoms with van der Waals surface area (Å²) in [7, 11) is 1.38.